The van der Waals surface area contributed by atoms with Crippen LogP contribution >= 0.6 is 0 Å². The number of fused-ring (bicyclic) bond motifs is 2. The van der Waals surface area contributed by atoms with Gasteiger partial charge in [0.2, 0.25) is 0 Å². The van der Waals surface area contributed by atoms with Gasteiger partial charge in [0.15, 0.2) is 0 Å². The summed E-state index contributed by atoms with van der Waals surface area (Å²) in [4.78, 5) is 31.5. The number of nitrogens with one attached hydrogen (secondary N) is 2. The summed E-state index contributed by atoms with van der Waals surface area (Å²) in [6.45, 7) is 1.10. The number of carbonyl (C=O) groups excluding carboxylic acids is 1. The molecule has 36 heavy (non-hydrogen) atoms. The predicted octanol–water partition coefficient (Wildman–Crippen LogP) is 3.58. The van der Waals surface area contributed by atoms with Crippen LogP contribution < -0.4 is 15.8 Å². The van der Waals surface area contributed by atoms with Gasteiger partial charge in [0.05, 0.1) is 17.3 Å². The molecule has 7 rings (SSSR count). The third-order valence-corrected chi connectivity index (χ3v) is 8.39. The summed E-state index contributed by atoms with van der Waals surface area (Å²) in [5.41, 5.74) is 3.21. The molecule has 1 aliphatic heterocycles. The van der Waals surface area contributed by atoms with Crippen LogP contribution in [0.3, 0.4) is 0 Å². The molecule has 4 heterocycles. The summed E-state index contributed by atoms with van der Waals surface area (Å²) in [6.07, 6.45) is 7.18. The molecule has 3 aliphatic rings. The van der Waals surface area contributed by atoms with Crippen molar-refractivity contribution in [2.75, 3.05) is 18.0 Å². The van der Waals surface area contributed by atoms with Crippen LogP contribution in [0.25, 0.3) is 16.4 Å². The number of hydrogen-bond acceptors (Lipinski definition) is 5. The average Bonchev–Trinajstić information content (AvgIpc) is 3.46. The number of aromatic nitrogens is 4. The van der Waals surface area contributed by atoms with Crippen LogP contribution in [-0.4, -0.2) is 50.8 Å². The maximum atomic E-state index is 13.6. The molecule has 1 aromatic carbocycles. The van der Waals surface area contributed by atoms with Gasteiger partial charge in [-0.3, -0.25) is 14.0 Å². The van der Waals surface area contributed by atoms with Crippen LogP contribution in [0.15, 0.2) is 53.6 Å². The number of carbonyl (C=O) groups is 1. The number of halogens is 1. The Kier molecular flexibility index (Phi) is 4.71. The van der Waals surface area contributed by atoms with Gasteiger partial charge in [-0.05, 0) is 49.7 Å². The summed E-state index contributed by atoms with van der Waals surface area (Å²) >= 11 is 0. The number of anilines is 1. The van der Waals surface area contributed by atoms with Crippen molar-refractivity contribution in [3.05, 3.63) is 70.5 Å². The monoisotopic (exact) mass is 486 g/mol. The third kappa shape index (κ3) is 3.40. The number of amides is 1. The van der Waals surface area contributed by atoms with Crippen LogP contribution in [0.5, 0.6) is 0 Å². The normalized spacial score (nSPS) is 27.4. The van der Waals surface area contributed by atoms with Crippen LogP contribution in [-0.2, 0) is 0 Å². The molecule has 0 radical (unpaired) electrons. The second-order valence-corrected chi connectivity index (χ2v) is 10.8. The molecule has 3 aromatic heterocycles. The topological polar surface area (TPSA) is 95.4 Å². The maximum absolute atomic E-state index is 13.6. The summed E-state index contributed by atoms with van der Waals surface area (Å²) in [7, 11) is 0. The number of H-pyrrole nitrogens is 1. The SMILES string of the molecule is O=C(N[C@H]1CC2(C1)C[C@H](c1n[nH]c(=O)c3ccccc31)C2)c1cnc2cc(N3CC[C@@H](F)C3)ccn12. The van der Waals surface area contributed by atoms with Crippen LogP contribution in [0.1, 0.15) is 54.2 Å². The first-order valence-corrected chi connectivity index (χ1v) is 12.6. The minimum atomic E-state index is -0.786. The number of rotatable bonds is 4. The number of aromatic amines is 1. The van der Waals surface area contributed by atoms with Gasteiger partial charge in [-0.1, -0.05) is 18.2 Å². The van der Waals surface area contributed by atoms with Crippen molar-refractivity contribution in [1.29, 1.82) is 0 Å². The molecule has 9 heteroatoms. The van der Waals surface area contributed by atoms with Crippen molar-refractivity contribution >= 4 is 28.0 Å². The van der Waals surface area contributed by atoms with Crippen LogP contribution in [0, 0.1) is 5.41 Å². The Labute approximate surface area is 206 Å². The van der Waals surface area contributed by atoms with E-state index in [4.69, 9.17) is 0 Å². The highest BCUT2D eigenvalue weighted by atomic mass is 19.1. The lowest BCUT2D eigenvalue weighted by atomic mass is 9.49. The molecule has 184 valence electrons. The molecule has 2 N–H and O–H groups in total. The minimum Gasteiger partial charge on any atom is -0.368 e. The van der Waals surface area contributed by atoms with Gasteiger partial charge in [-0.25, -0.2) is 14.5 Å². The summed E-state index contributed by atoms with van der Waals surface area (Å²) < 4.78 is 15.4. The largest absolute Gasteiger partial charge is 0.368 e. The predicted molar refractivity (Wildman–Crippen MR) is 134 cm³/mol. The zero-order valence-electron chi connectivity index (χ0n) is 19.8. The zero-order valence-corrected chi connectivity index (χ0v) is 19.8. The van der Waals surface area contributed by atoms with Gasteiger partial charge in [0.25, 0.3) is 11.5 Å². The second kappa shape index (κ2) is 7.88. The highest BCUT2D eigenvalue weighted by Crippen LogP contribution is 2.62. The molecule has 4 aromatic rings. The van der Waals surface area contributed by atoms with Crippen molar-refractivity contribution in [2.45, 2.75) is 50.2 Å². The Morgan fingerprint density at radius 2 is 1.94 bits per heavy atom. The van der Waals surface area contributed by atoms with E-state index in [1.807, 2.05) is 47.5 Å². The lowest BCUT2D eigenvalue weighted by Crippen LogP contribution is -2.55. The average molecular weight is 487 g/mol. The number of imidazole rings is 1. The van der Waals surface area contributed by atoms with E-state index < -0.39 is 6.17 Å². The summed E-state index contributed by atoms with van der Waals surface area (Å²) in [5, 5.41) is 11.8. The van der Waals surface area contributed by atoms with Crippen LogP contribution in [0.4, 0.5) is 10.1 Å². The molecule has 2 aliphatic carbocycles. The Bertz CT molecular complexity index is 1550. The van der Waals surface area contributed by atoms with Crippen molar-refractivity contribution in [1.82, 2.24) is 24.9 Å². The lowest BCUT2D eigenvalue weighted by Gasteiger charge is -2.57. The second-order valence-electron chi connectivity index (χ2n) is 10.8. The molecule has 2 saturated carbocycles. The fraction of sp³-hybridized carbons (Fsp3) is 0.407. The zero-order chi connectivity index (χ0) is 24.4. The first-order valence-electron chi connectivity index (χ1n) is 12.6. The highest BCUT2D eigenvalue weighted by Gasteiger charge is 2.54. The number of hydrogen-bond donors (Lipinski definition) is 2. The summed E-state index contributed by atoms with van der Waals surface area (Å²) in [5.74, 6) is 0.212. The van der Waals surface area contributed by atoms with E-state index in [-0.39, 0.29) is 22.9 Å². The Morgan fingerprint density at radius 1 is 1.14 bits per heavy atom. The summed E-state index contributed by atoms with van der Waals surface area (Å²) in [6, 6.07) is 11.6. The van der Waals surface area contributed by atoms with E-state index in [1.54, 1.807) is 10.6 Å². The third-order valence-electron chi connectivity index (χ3n) is 8.39. The molecule has 1 spiro atoms. The molecular weight excluding hydrogens is 459 g/mol. The van der Waals surface area contributed by atoms with E-state index in [0.29, 0.717) is 42.2 Å². The molecule has 1 amide bonds. The standard InChI is InChI=1S/C27H27FN6O2/c28-17-5-7-33(15-17)19-6-8-34-22(14-29-23(34)9-19)26(36)30-18-12-27(13-18)10-16(11-27)24-20-3-1-2-4-21(20)25(35)32-31-24/h1-4,6,8-9,14,16-18H,5,7,10-13,15H2,(H,30,36)(H,32,35)/t16-,17-,18-,27?/m1/s1. The van der Waals surface area contributed by atoms with Gasteiger partial charge in [-0.2, -0.15) is 5.10 Å². The Hall–Kier alpha value is -3.75. The van der Waals surface area contributed by atoms with Crippen molar-refractivity contribution in [2.24, 2.45) is 5.41 Å². The Morgan fingerprint density at radius 3 is 2.72 bits per heavy atom. The highest BCUT2D eigenvalue weighted by molar-refractivity contribution is 5.93. The van der Waals surface area contributed by atoms with E-state index in [2.05, 4.69) is 20.5 Å². The van der Waals surface area contributed by atoms with Gasteiger partial charge in [-0.15, -0.1) is 0 Å². The molecule has 0 bridgehead atoms. The Balaban J connectivity index is 0.992. The van der Waals surface area contributed by atoms with E-state index in [1.165, 1.54) is 0 Å². The van der Waals surface area contributed by atoms with Gasteiger partial charge >= 0.3 is 0 Å². The number of pyridine rings is 1. The van der Waals surface area contributed by atoms with Crippen molar-refractivity contribution in [3.63, 3.8) is 0 Å². The van der Waals surface area contributed by atoms with Crippen LogP contribution in [0.2, 0.25) is 0 Å². The molecule has 0 unspecified atom stereocenters. The molecule has 8 nitrogen and oxygen atoms in total. The van der Waals surface area contributed by atoms with Gasteiger partial charge < -0.3 is 10.2 Å². The molecule has 1 saturated heterocycles. The first kappa shape index (κ1) is 21.5. The van der Waals surface area contributed by atoms with E-state index in [0.717, 1.165) is 42.5 Å². The van der Waals surface area contributed by atoms with Gasteiger partial charge in [0, 0.05) is 48.4 Å². The quantitative estimate of drug-likeness (QED) is 0.460. The molecule has 1 atom stereocenters. The number of alkyl halides is 1. The maximum Gasteiger partial charge on any atom is 0.272 e. The first-order chi connectivity index (χ1) is 17.5. The lowest BCUT2D eigenvalue weighted by molar-refractivity contribution is -0.0197. The fourth-order valence-corrected chi connectivity index (χ4v) is 6.59. The molecular formula is C27H27FN6O2. The number of benzene rings is 1. The van der Waals surface area contributed by atoms with Crippen molar-refractivity contribution in [3.8, 4) is 0 Å². The fourth-order valence-electron chi connectivity index (χ4n) is 6.59. The van der Waals surface area contributed by atoms with E-state index >= 15 is 0 Å². The smallest absolute Gasteiger partial charge is 0.272 e. The van der Waals surface area contributed by atoms with Gasteiger partial charge in [0.1, 0.15) is 17.5 Å². The van der Waals surface area contributed by atoms with Crippen molar-refractivity contribution < 1.29 is 9.18 Å². The number of nitrogens with zero attached hydrogens (tertiary/aromatic N) is 4. The van der Waals surface area contributed by atoms with E-state index in [9.17, 15) is 14.0 Å². The minimum absolute atomic E-state index is 0.121. The molecule has 3 fully saturated rings.